The fraction of sp³-hybridized carbons (Fsp3) is 0. The van der Waals surface area contributed by atoms with Gasteiger partial charge in [0.05, 0.1) is 21.9 Å². The molecule has 20 heavy (non-hydrogen) atoms. The van der Waals surface area contributed by atoms with Crippen LogP contribution in [0.1, 0.15) is 10.4 Å². The van der Waals surface area contributed by atoms with Gasteiger partial charge in [0.2, 0.25) is 0 Å². The second-order valence-electron chi connectivity index (χ2n) is 3.90. The molecule has 2 aromatic carbocycles. The Morgan fingerprint density at radius 1 is 1.20 bits per heavy atom. The lowest BCUT2D eigenvalue weighted by Gasteiger charge is -2.10. The molecule has 0 saturated carbocycles. The number of non-ortho nitro benzene ring substituents is 1. The maximum Gasteiger partial charge on any atom is 0.337 e. The Kier molecular flexibility index (Phi) is 3.60. The van der Waals surface area contributed by atoms with Gasteiger partial charge in [0.25, 0.3) is 5.69 Å². The molecule has 2 rings (SSSR count). The third-order valence-corrected chi connectivity index (χ3v) is 2.59. The first-order chi connectivity index (χ1) is 9.49. The van der Waals surface area contributed by atoms with Crippen molar-refractivity contribution in [3.63, 3.8) is 0 Å². The number of hydrogen-bond acceptors (Lipinski definition) is 4. The van der Waals surface area contributed by atoms with E-state index in [4.69, 9.17) is 5.11 Å². The minimum Gasteiger partial charge on any atom is -0.478 e. The van der Waals surface area contributed by atoms with Crippen LogP contribution in [0.2, 0.25) is 0 Å². The van der Waals surface area contributed by atoms with Gasteiger partial charge in [-0.15, -0.1) is 0 Å². The van der Waals surface area contributed by atoms with Crippen LogP contribution in [0.5, 0.6) is 0 Å². The maximum atomic E-state index is 13.5. The first-order valence-corrected chi connectivity index (χ1v) is 5.52. The monoisotopic (exact) mass is 276 g/mol. The number of hydrogen-bond donors (Lipinski definition) is 2. The Hall–Kier alpha value is -2.96. The molecular formula is C13H9FN2O4. The zero-order valence-corrected chi connectivity index (χ0v) is 10.0. The molecule has 2 aromatic rings. The number of benzene rings is 2. The lowest BCUT2D eigenvalue weighted by Crippen LogP contribution is -2.04. The smallest absolute Gasteiger partial charge is 0.337 e. The summed E-state index contributed by atoms with van der Waals surface area (Å²) in [6.45, 7) is 0. The number of nitro benzene ring substituents is 1. The summed E-state index contributed by atoms with van der Waals surface area (Å²) in [5.74, 6) is -1.85. The summed E-state index contributed by atoms with van der Waals surface area (Å²) in [5, 5.41) is 22.3. The van der Waals surface area contributed by atoms with Gasteiger partial charge >= 0.3 is 5.97 Å². The molecule has 0 radical (unpaired) electrons. The Labute approximate surface area is 112 Å². The van der Waals surface area contributed by atoms with Crippen LogP contribution in [0.3, 0.4) is 0 Å². The standard InChI is InChI=1S/C13H9FN2O4/c14-10-3-1-2-4-11(10)15-12-7-8(16(19)20)5-6-9(12)13(17)18/h1-7,15H,(H,17,18). The molecule has 0 aliphatic heterocycles. The summed E-state index contributed by atoms with van der Waals surface area (Å²) in [7, 11) is 0. The normalized spacial score (nSPS) is 10.1. The Bertz CT molecular complexity index is 688. The van der Waals surface area contributed by atoms with E-state index in [9.17, 15) is 19.3 Å². The van der Waals surface area contributed by atoms with Crippen molar-refractivity contribution >= 4 is 23.0 Å². The van der Waals surface area contributed by atoms with E-state index in [1.165, 1.54) is 18.2 Å². The summed E-state index contributed by atoms with van der Waals surface area (Å²) in [6.07, 6.45) is 0. The quantitative estimate of drug-likeness (QED) is 0.660. The minimum atomic E-state index is -1.27. The van der Waals surface area contributed by atoms with Crippen LogP contribution in [-0.4, -0.2) is 16.0 Å². The molecule has 0 atom stereocenters. The van der Waals surface area contributed by atoms with E-state index in [-0.39, 0.29) is 22.6 Å². The lowest BCUT2D eigenvalue weighted by molar-refractivity contribution is -0.384. The number of nitrogens with one attached hydrogen (secondary N) is 1. The zero-order valence-electron chi connectivity index (χ0n) is 10.0. The van der Waals surface area contributed by atoms with Crippen LogP contribution in [-0.2, 0) is 0 Å². The average molecular weight is 276 g/mol. The Balaban J connectivity index is 2.48. The van der Waals surface area contributed by atoms with E-state index in [2.05, 4.69) is 5.32 Å². The van der Waals surface area contributed by atoms with Crippen LogP contribution in [0.15, 0.2) is 42.5 Å². The highest BCUT2D eigenvalue weighted by Gasteiger charge is 2.16. The second-order valence-corrected chi connectivity index (χ2v) is 3.90. The topological polar surface area (TPSA) is 92.5 Å². The van der Waals surface area contributed by atoms with Crippen molar-refractivity contribution < 1.29 is 19.2 Å². The predicted octanol–water partition coefficient (Wildman–Crippen LogP) is 3.18. The summed E-state index contributed by atoms with van der Waals surface area (Å²) >= 11 is 0. The van der Waals surface area contributed by atoms with Gasteiger partial charge in [-0.3, -0.25) is 10.1 Å². The molecule has 0 fully saturated rings. The predicted molar refractivity (Wildman–Crippen MR) is 69.7 cm³/mol. The van der Waals surface area contributed by atoms with Gasteiger partial charge < -0.3 is 10.4 Å². The number of aromatic carboxylic acids is 1. The molecule has 0 spiro atoms. The molecule has 0 amide bonds. The number of rotatable bonds is 4. The number of nitro groups is 1. The van der Waals surface area contributed by atoms with Crippen molar-refractivity contribution in [2.75, 3.05) is 5.32 Å². The molecule has 0 bridgehead atoms. The number of nitrogens with zero attached hydrogens (tertiary/aromatic N) is 1. The number of carbonyl (C=O) groups is 1. The molecule has 0 aromatic heterocycles. The van der Waals surface area contributed by atoms with Gasteiger partial charge in [-0.05, 0) is 18.2 Å². The van der Waals surface area contributed by atoms with Crippen molar-refractivity contribution in [1.82, 2.24) is 0 Å². The molecule has 7 heteroatoms. The van der Waals surface area contributed by atoms with Crippen molar-refractivity contribution in [2.45, 2.75) is 0 Å². The summed E-state index contributed by atoms with van der Waals surface area (Å²) in [6, 6.07) is 8.87. The Morgan fingerprint density at radius 3 is 2.50 bits per heavy atom. The van der Waals surface area contributed by atoms with Gasteiger partial charge in [0, 0.05) is 12.1 Å². The fourth-order valence-electron chi connectivity index (χ4n) is 1.64. The number of halogens is 1. The maximum absolute atomic E-state index is 13.5. The largest absolute Gasteiger partial charge is 0.478 e. The first-order valence-electron chi connectivity index (χ1n) is 5.52. The van der Waals surface area contributed by atoms with Crippen LogP contribution < -0.4 is 5.32 Å². The molecule has 0 aliphatic rings. The van der Waals surface area contributed by atoms with E-state index < -0.39 is 16.7 Å². The van der Waals surface area contributed by atoms with E-state index in [0.29, 0.717) is 0 Å². The van der Waals surface area contributed by atoms with E-state index >= 15 is 0 Å². The number of carboxylic acid groups (broad SMARTS) is 1. The lowest BCUT2D eigenvalue weighted by atomic mass is 10.1. The molecule has 2 N–H and O–H groups in total. The highest BCUT2D eigenvalue weighted by atomic mass is 19.1. The van der Waals surface area contributed by atoms with Crippen LogP contribution in [0.25, 0.3) is 0 Å². The molecule has 102 valence electrons. The molecular weight excluding hydrogens is 267 g/mol. The van der Waals surface area contributed by atoms with Crippen molar-refractivity contribution in [1.29, 1.82) is 0 Å². The van der Waals surface area contributed by atoms with Gasteiger partial charge in [-0.2, -0.15) is 0 Å². The SMILES string of the molecule is O=C(O)c1ccc([N+](=O)[O-])cc1Nc1ccccc1F. The van der Waals surface area contributed by atoms with E-state index in [1.54, 1.807) is 6.07 Å². The van der Waals surface area contributed by atoms with E-state index in [0.717, 1.165) is 18.2 Å². The number of para-hydroxylation sites is 1. The number of carboxylic acids is 1. The van der Waals surface area contributed by atoms with Gasteiger partial charge in [0.15, 0.2) is 0 Å². The van der Waals surface area contributed by atoms with Gasteiger partial charge in [0.1, 0.15) is 5.82 Å². The first kappa shape index (κ1) is 13.5. The summed E-state index contributed by atoms with van der Waals surface area (Å²) < 4.78 is 13.5. The van der Waals surface area contributed by atoms with Crippen molar-refractivity contribution in [2.24, 2.45) is 0 Å². The summed E-state index contributed by atoms with van der Waals surface area (Å²) in [4.78, 5) is 21.1. The second kappa shape index (κ2) is 5.35. The van der Waals surface area contributed by atoms with Crippen LogP contribution in [0, 0.1) is 15.9 Å². The molecule has 0 saturated heterocycles. The Morgan fingerprint density at radius 2 is 1.90 bits per heavy atom. The van der Waals surface area contributed by atoms with Crippen LogP contribution >= 0.6 is 0 Å². The summed E-state index contributed by atoms with van der Waals surface area (Å²) in [5.41, 5.74) is -0.472. The molecule has 6 nitrogen and oxygen atoms in total. The minimum absolute atomic E-state index is 0.0375. The average Bonchev–Trinajstić information content (AvgIpc) is 2.41. The highest BCUT2D eigenvalue weighted by Crippen LogP contribution is 2.27. The van der Waals surface area contributed by atoms with Crippen molar-refractivity contribution in [3.05, 3.63) is 64.0 Å². The molecule has 0 heterocycles. The van der Waals surface area contributed by atoms with Gasteiger partial charge in [-0.1, -0.05) is 12.1 Å². The van der Waals surface area contributed by atoms with Crippen molar-refractivity contribution in [3.8, 4) is 0 Å². The van der Waals surface area contributed by atoms with Crippen LogP contribution in [0.4, 0.5) is 21.5 Å². The van der Waals surface area contributed by atoms with Gasteiger partial charge in [-0.25, -0.2) is 9.18 Å². The molecule has 0 unspecified atom stereocenters. The highest BCUT2D eigenvalue weighted by molar-refractivity contribution is 5.95. The fourth-order valence-corrected chi connectivity index (χ4v) is 1.64. The number of anilines is 2. The third kappa shape index (κ3) is 2.72. The third-order valence-electron chi connectivity index (χ3n) is 2.59. The van der Waals surface area contributed by atoms with E-state index in [1.807, 2.05) is 0 Å². The zero-order chi connectivity index (χ0) is 14.7. The molecule has 0 aliphatic carbocycles.